The highest BCUT2D eigenvalue weighted by Gasteiger charge is 2.09. The second kappa shape index (κ2) is 7.05. The molecule has 4 nitrogen and oxygen atoms in total. The lowest BCUT2D eigenvalue weighted by molar-refractivity contribution is 0.551. The monoisotopic (exact) mass is 306 g/mol. The molecule has 0 radical (unpaired) electrons. The van der Waals surface area contributed by atoms with Crippen LogP contribution in [0.5, 0.6) is 0 Å². The van der Waals surface area contributed by atoms with Crippen LogP contribution in [0.1, 0.15) is 36.5 Å². The van der Waals surface area contributed by atoms with E-state index >= 15 is 0 Å². The van der Waals surface area contributed by atoms with Gasteiger partial charge in [-0.25, -0.2) is 0 Å². The largest absolute Gasteiger partial charge is 0.312 e. The molecule has 114 valence electrons. The van der Waals surface area contributed by atoms with Crippen LogP contribution in [0.2, 0.25) is 5.02 Å². The zero-order chi connectivity index (χ0) is 15.4. The summed E-state index contributed by atoms with van der Waals surface area (Å²) >= 11 is 6.16. The number of rotatable bonds is 6. The number of hydrogen-bond donors (Lipinski definition) is 1. The van der Waals surface area contributed by atoms with Gasteiger partial charge in [0.25, 0.3) is 0 Å². The molecule has 0 saturated carbocycles. The quantitative estimate of drug-likeness (QED) is 0.890. The van der Waals surface area contributed by atoms with Crippen LogP contribution < -0.4 is 5.32 Å². The van der Waals surface area contributed by atoms with Crippen LogP contribution in [0.15, 0.2) is 18.3 Å². The summed E-state index contributed by atoms with van der Waals surface area (Å²) in [6, 6.07) is 4.17. The average Bonchev–Trinajstić information content (AvgIpc) is 2.68. The van der Waals surface area contributed by atoms with Gasteiger partial charge in [0.15, 0.2) is 0 Å². The number of hydrogen-bond acceptors (Lipinski definition) is 3. The van der Waals surface area contributed by atoms with Gasteiger partial charge < -0.3 is 5.32 Å². The first-order valence-corrected chi connectivity index (χ1v) is 7.69. The van der Waals surface area contributed by atoms with Gasteiger partial charge in [-0.2, -0.15) is 5.10 Å². The number of nitrogens with one attached hydrogen (secondary N) is 1. The summed E-state index contributed by atoms with van der Waals surface area (Å²) in [5.41, 5.74) is 4.04. The lowest BCUT2D eigenvalue weighted by atomic mass is 10.2. The molecule has 0 spiro atoms. The van der Waals surface area contributed by atoms with Crippen molar-refractivity contribution in [2.24, 2.45) is 5.92 Å². The van der Waals surface area contributed by atoms with E-state index in [-0.39, 0.29) is 0 Å². The van der Waals surface area contributed by atoms with Crippen molar-refractivity contribution in [3.63, 3.8) is 0 Å². The van der Waals surface area contributed by atoms with Crippen molar-refractivity contribution < 1.29 is 0 Å². The third-order valence-electron chi connectivity index (χ3n) is 3.37. The second-order valence-electron chi connectivity index (χ2n) is 5.82. The zero-order valence-corrected chi connectivity index (χ0v) is 13.9. The summed E-state index contributed by atoms with van der Waals surface area (Å²) < 4.78 is 1.90. The smallest absolute Gasteiger partial charge is 0.0844 e. The van der Waals surface area contributed by atoms with E-state index in [1.807, 2.05) is 24.7 Å². The highest BCUT2D eigenvalue weighted by Crippen LogP contribution is 2.19. The molecule has 0 atom stereocenters. The van der Waals surface area contributed by atoms with Gasteiger partial charge in [-0.1, -0.05) is 31.5 Å². The standard InChI is InChI=1S/C16H23ClN4/c1-11(2)7-18-8-14-5-6-15(19-9-14)10-21-13(4)16(17)12(3)20-21/h5-6,9,11,18H,7-8,10H2,1-4H3. The van der Waals surface area contributed by atoms with E-state index < -0.39 is 0 Å². The molecule has 0 aromatic carbocycles. The third-order valence-corrected chi connectivity index (χ3v) is 3.92. The van der Waals surface area contributed by atoms with E-state index in [2.05, 4.69) is 41.4 Å². The van der Waals surface area contributed by atoms with Crippen molar-refractivity contribution in [3.05, 3.63) is 46.0 Å². The van der Waals surface area contributed by atoms with E-state index in [0.717, 1.165) is 35.2 Å². The molecule has 2 aromatic heterocycles. The predicted molar refractivity (Wildman–Crippen MR) is 86.6 cm³/mol. The molecule has 1 N–H and O–H groups in total. The lowest BCUT2D eigenvalue weighted by Gasteiger charge is -2.08. The number of halogens is 1. The number of nitrogens with zero attached hydrogens (tertiary/aromatic N) is 3. The van der Waals surface area contributed by atoms with Crippen molar-refractivity contribution in [2.75, 3.05) is 6.54 Å². The first-order valence-electron chi connectivity index (χ1n) is 7.31. The fourth-order valence-electron chi connectivity index (χ4n) is 2.14. The average molecular weight is 307 g/mol. The van der Waals surface area contributed by atoms with E-state index in [0.29, 0.717) is 12.5 Å². The molecule has 2 rings (SSSR count). The van der Waals surface area contributed by atoms with E-state index in [9.17, 15) is 0 Å². The van der Waals surface area contributed by atoms with Gasteiger partial charge in [0.1, 0.15) is 0 Å². The summed E-state index contributed by atoms with van der Waals surface area (Å²) in [4.78, 5) is 4.51. The topological polar surface area (TPSA) is 42.7 Å². The van der Waals surface area contributed by atoms with Crippen LogP contribution in [0.3, 0.4) is 0 Å². The van der Waals surface area contributed by atoms with Gasteiger partial charge in [-0.15, -0.1) is 0 Å². The molecular weight excluding hydrogens is 284 g/mol. The summed E-state index contributed by atoms with van der Waals surface area (Å²) in [5.74, 6) is 0.660. The van der Waals surface area contributed by atoms with E-state index in [1.165, 1.54) is 5.56 Å². The minimum absolute atomic E-state index is 0.652. The van der Waals surface area contributed by atoms with Crippen molar-refractivity contribution >= 4 is 11.6 Å². The van der Waals surface area contributed by atoms with Crippen molar-refractivity contribution in [3.8, 4) is 0 Å². The van der Waals surface area contributed by atoms with Crippen LogP contribution in [0.25, 0.3) is 0 Å². The van der Waals surface area contributed by atoms with Gasteiger partial charge in [-0.05, 0) is 37.9 Å². The molecule has 0 bridgehead atoms. The molecule has 0 aliphatic heterocycles. The Labute approximate surface area is 131 Å². The van der Waals surface area contributed by atoms with E-state index in [4.69, 9.17) is 11.6 Å². The van der Waals surface area contributed by atoms with Crippen LogP contribution in [-0.4, -0.2) is 21.3 Å². The predicted octanol–water partition coefficient (Wildman–Crippen LogP) is 3.34. The Morgan fingerprint density at radius 3 is 2.57 bits per heavy atom. The number of aryl methyl sites for hydroxylation is 1. The van der Waals surface area contributed by atoms with E-state index in [1.54, 1.807) is 0 Å². The van der Waals surface area contributed by atoms with Crippen LogP contribution in [-0.2, 0) is 13.1 Å². The third kappa shape index (κ3) is 4.29. The first-order chi connectivity index (χ1) is 9.97. The van der Waals surface area contributed by atoms with Crippen molar-refractivity contribution in [1.29, 1.82) is 0 Å². The summed E-state index contributed by atoms with van der Waals surface area (Å²) in [6.45, 7) is 10.8. The maximum absolute atomic E-state index is 6.16. The molecule has 0 unspecified atom stereocenters. The first kappa shape index (κ1) is 16.0. The molecule has 0 aliphatic rings. The molecule has 0 fully saturated rings. The maximum atomic E-state index is 6.16. The van der Waals surface area contributed by atoms with Crippen LogP contribution in [0.4, 0.5) is 0 Å². The molecule has 21 heavy (non-hydrogen) atoms. The molecule has 5 heteroatoms. The Balaban J connectivity index is 1.97. The molecular formula is C16H23ClN4. The summed E-state index contributed by atoms with van der Waals surface area (Å²) in [5, 5.41) is 8.58. The van der Waals surface area contributed by atoms with Crippen molar-refractivity contribution in [2.45, 2.75) is 40.8 Å². The highest BCUT2D eigenvalue weighted by molar-refractivity contribution is 6.31. The second-order valence-corrected chi connectivity index (χ2v) is 6.20. The Bertz CT molecular complexity index is 587. The molecule has 2 heterocycles. The fraction of sp³-hybridized carbons (Fsp3) is 0.500. The highest BCUT2D eigenvalue weighted by atomic mass is 35.5. The SMILES string of the molecule is Cc1nn(Cc2ccc(CNCC(C)C)cn2)c(C)c1Cl. The van der Waals surface area contributed by atoms with Crippen LogP contribution in [0, 0.1) is 19.8 Å². The maximum Gasteiger partial charge on any atom is 0.0844 e. The van der Waals surface area contributed by atoms with Gasteiger partial charge in [0.2, 0.25) is 0 Å². The summed E-state index contributed by atoms with van der Waals surface area (Å²) in [6.07, 6.45) is 1.93. The van der Waals surface area contributed by atoms with Gasteiger partial charge in [0, 0.05) is 12.7 Å². The fourth-order valence-corrected chi connectivity index (χ4v) is 2.28. The molecule has 2 aromatic rings. The summed E-state index contributed by atoms with van der Waals surface area (Å²) in [7, 11) is 0. The molecule has 0 amide bonds. The van der Waals surface area contributed by atoms with Gasteiger partial charge in [-0.3, -0.25) is 9.67 Å². The molecule has 0 saturated heterocycles. The van der Waals surface area contributed by atoms with Gasteiger partial charge >= 0.3 is 0 Å². The number of pyridine rings is 1. The minimum atomic E-state index is 0.652. The van der Waals surface area contributed by atoms with Gasteiger partial charge in [0.05, 0.1) is 28.6 Å². The lowest BCUT2D eigenvalue weighted by Crippen LogP contribution is -2.19. The van der Waals surface area contributed by atoms with Crippen LogP contribution >= 0.6 is 11.6 Å². The molecule has 0 aliphatic carbocycles. The Morgan fingerprint density at radius 2 is 2.05 bits per heavy atom. The normalized spacial score (nSPS) is 11.3. The zero-order valence-electron chi connectivity index (χ0n) is 13.2. The Hall–Kier alpha value is -1.39. The number of aromatic nitrogens is 3. The van der Waals surface area contributed by atoms with Crippen molar-refractivity contribution in [1.82, 2.24) is 20.1 Å². The Morgan fingerprint density at radius 1 is 1.29 bits per heavy atom. The Kier molecular flexibility index (Phi) is 5.37. The minimum Gasteiger partial charge on any atom is -0.312 e.